The van der Waals surface area contributed by atoms with Crippen LogP contribution in [0.3, 0.4) is 0 Å². The molecule has 3 atom stereocenters. The van der Waals surface area contributed by atoms with Crippen LogP contribution in [-0.2, 0) is 14.3 Å². The number of halogens is 1. The summed E-state index contributed by atoms with van der Waals surface area (Å²) in [6.07, 6.45) is 0.0195. The van der Waals surface area contributed by atoms with Crippen LogP contribution in [0, 0.1) is 5.92 Å². The van der Waals surface area contributed by atoms with Gasteiger partial charge in [0.15, 0.2) is 5.56 Å². The van der Waals surface area contributed by atoms with Gasteiger partial charge in [0, 0.05) is 0 Å². The largest absolute Gasteiger partial charge is 0.464 e. The second-order valence-electron chi connectivity index (χ2n) is 3.71. The van der Waals surface area contributed by atoms with E-state index >= 15 is 0 Å². The monoisotopic (exact) mass is 265 g/mol. The second kappa shape index (κ2) is 8.17. The molecule has 0 aromatic heterocycles. The molecule has 6 heteroatoms. The van der Waals surface area contributed by atoms with Crippen LogP contribution in [-0.4, -0.2) is 30.3 Å². The molecule has 0 aliphatic heterocycles. The third-order valence-corrected chi connectivity index (χ3v) is 2.39. The SMILES string of the molecule is CCOC(=O)[C@@H](NC(=O)OC(C)Cl)[C@@H](C)CC. The maximum Gasteiger partial charge on any atom is 0.409 e. The molecule has 1 N–H and O–H groups in total. The average Bonchev–Trinajstić information content (AvgIpc) is 2.24. The van der Waals surface area contributed by atoms with Crippen LogP contribution in [0.25, 0.3) is 0 Å². The van der Waals surface area contributed by atoms with Crippen LogP contribution in [0.4, 0.5) is 4.79 Å². The summed E-state index contributed by atoms with van der Waals surface area (Å²) in [6.45, 7) is 7.28. The molecule has 17 heavy (non-hydrogen) atoms. The van der Waals surface area contributed by atoms with Crippen molar-refractivity contribution in [3.63, 3.8) is 0 Å². The minimum atomic E-state index is -0.741. The van der Waals surface area contributed by atoms with Crippen molar-refractivity contribution in [2.75, 3.05) is 6.61 Å². The Bertz CT molecular complexity index is 258. The molecule has 0 aliphatic rings. The summed E-state index contributed by atoms with van der Waals surface area (Å²) in [5.41, 5.74) is -0.741. The van der Waals surface area contributed by atoms with E-state index < -0.39 is 23.7 Å². The zero-order valence-electron chi connectivity index (χ0n) is 10.7. The summed E-state index contributed by atoms with van der Waals surface area (Å²) in [4.78, 5) is 23.0. The van der Waals surface area contributed by atoms with Gasteiger partial charge in [-0.25, -0.2) is 9.59 Å². The number of hydrogen-bond donors (Lipinski definition) is 1. The van der Waals surface area contributed by atoms with E-state index in [1.165, 1.54) is 6.92 Å². The summed E-state index contributed by atoms with van der Waals surface area (Å²) in [5.74, 6) is -0.492. The topological polar surface area (TPSA) is 64.6 Å². The van der Waals surface area contributed by atoms with Gasteiger partial charge in [0.25, 0.3) is 0 Å². The number of rotatable bonds is 6. The predicted octanol–water partition coefficient (Wildman–Crippen LogP) is 2.28. The van der Waals surface area contributed by atoms with Crippen molar-refractivity contribution in [3.05, 3.63) is 0 Å². The van der Waals surface area contributed by atoms with Gasteiger partial charge in [-0.1, -0.05) is 31.9 Å². The maximum atomic E-state index is 11.6. The summed E-state index contributed by atoms with van der Waals surface area (Å²) in [6, 6.07) is -0.706. The molecule has 0 radical (unpaired) electrons. The van der Waals surface area contributed by atoms with E-state index in [4.69, 9.17) is 21.1 Å². The van der Waals surface area contributed by atoms with Crippen LogP contribution in [0.1, 0.15) is 34.1 Å². The van der Waals surface area contributed by atoms with E-state index in [1.807, 2.05) is 13.8 Å². The Hall–Kier alpha value is -0.970. The number of carbonyl (C=O) groups is 2. The van der Waals surface area contributed by atoms with Gasteiger partial charge in [-0.2, -0.15) is 0 Å². The number of carbonyl (C=O) groups excluding carboxylic acids is 2. The first-order valence-electron chi connectivity index (χ1n) is 5.70. The van der Waals surface area contributed by atoms with Crippen molar-refractivity contribution in [1.29, 1.82) is 0 Å². The minimum absolute atomic E-state index is 0.0350. The van der Waals surface area contributed by atoms with Gasteiger partial charge in [0.05, 0.1) is 6.61 Å². The van der Waals surface area contributed by atoms with E-state index in [0.29, 0.717) is 0 Å². The van der Waals surface area contributed by atoms with Crippen molar-refractivity contribution in [1.82, 2.24) is 5.32 Å². The molecule has 0 aliphatic carbocycles. The van der Waals surface area contributed by atoms with Crippen molar-refractivity contribution in [3.8, 4) is 0 Å². The fourth-order valence-electron chi connectivity index (χ4n) is 1.21. The lowest BCUT2D eigenvalue weighted by molar-refractivity contribution is -0.146. The molecule has 1 amide bonds. The number of hydrogen-bond acceptors (Lipinski definition) is 4. The van der Waals surface area contributed by atoms with E-state index in [1.54, 1.807) is 6.92 Å². The predicted molar refractivity (Wildman–Crippen MR) is 64.8 cm³/mol. The minimum Gasteiger partial charge on any atom is -0.464 e. The van der Waals surface area contributed by atoms with Crippen LogP contribution >= 0.6 is 11.6 Å². The molecule has 0 spiro atoms. The molecule has 5 nitrogen and oxygen atoms in total. The van der Waals surface area contributed by atoms with E-state index in [0.717, 1.165) is 6.42 Å². The Balaban J connectivity index is 4.48. The fourth-order valence-corrected chi connectivity index (χ4v) is 1.29. The summed E-state index contributed by atoms with van der Waals surface area (Å²) < 4.78 is 9.60. The molecular weight excluding hydrogens is 246 g/mol. The molecular formula is C11H20ClNO4. The van der Waals surface area contributed by atoms with Crippen LogP contribution in [0.5, 0.6) is 0 Å². The molecule has 0 aromatic carbocycles. The second-order valence-corrected chi connectivity index (χ2v) is 4.32. The van der Waals surface area contributed by atoms with Crippen LogP contribution < -0.4 is 5.32 Å². The normalized spacial score (nSPS) is 15.6. The first-order valence-corrected chi connectivity index (χ1v) is 6.13. The average molecular weight is 266 g/mol. The molecule has 100 valence electrons. The molecule has 0 saturated heterocycles. The lowest BCUT2D eigenvalue weighted by Gasteiger charge is -2.22. The smallest absolute Gasteiger partial charge is 0.409 e. The Morgan fingerprint density at radius 3 is 2.29 bits per heavy atom. The van der Waals surface area contributed by atoms with Crippen molar-refractivity contribution in [2.45, 2.75) is 45.7 Å². The van der Waals surface area contributed by atoms with Gasteiger partial charge < -0.3 is 14.8 Å². The summed E-state index contributed by atoms with van der Waals surface area (Å²) >= 11 is 5.51. The Morgan fingerprint density at radius 1 is 1.29 bits per heavy atom. The number of nitrogens with one attached hydrogen (secondary N) is 1. The molecule has 0 heterocycles. The van der Waals surface area contributed by atoms with Gasteiger partial charge in [0.2, 0.25) is 0 Å². The zero-order valence-corrected chi connectivity index (χ0v) is 11.4. The third-order valence-electron chi connectivity index (χ3n) is 2.30. The number of amides is 1. The van der Waals surface area contributed by atoms with E-state index in [2.05, 4.69) is 5.32 Å². The van der Waals surface area contributed by atoms with Crippen molar-refractivity contribution < 1.29 is 19.1 Å². The number of alkyl carbamates (subject to hydrolysis) is 1. The van der Waals surface area contributed by atoms with Gasteiger partial charge in [-0.05, 0) is 19.8 Å². The Morgan fingerprint density at radius 2 is 1.88 bits per heavy atom. The number of alkyl halides is 1. The van der Waals surface area contributed by atoms with Gasteiger partial charge in [-0.15, -0.1) is 0 Å². The number of ether oxygens (including phenoxy) is 2. The van der Waals surface area contributed by atoms with Crippen molar-refractivity contribution >= 4 is 23.7 Å². The quantitative estimate of drug-likeness (QED) is 0.591. The standard InChI is InChI=1S/C11H20ClNO4/c1-5-7(3)9(10(14)16-6-2)13-11(15)17-8(4)12/h7-9H,5-6H2,1-4H3,(H,13,15)/t7-,8?,9-/m0/s1. The van der Waals surface area contributed by atoms with Gasteiger partial charge in [0.1, 0.15) is 6.04 Å². The highest BCUT2D eigenvalue weighted by Crippen LogP contribution is 2.10. The van der Waals surface area contributed by atoms with Crippen LogP contribution in [0.2, 0.25) is 0 Å². The summed E-state index contributed by atoms with van der Waals surface area (Å²) in [7, 11) is 0. The lowest BCUT2D eigenvalue weighted by atomic mass is 9.99. The molecule has 0 fully saturated rings. The highest BCUT2D eigenvalue weighted by Gasteiger charge is 2.27. The molecule has 0 bridgehead atoms. The molecule has 0 rings (SSSR count). The Labute approximate surface area is 107 Å². The first kappa shape index (κ1) is 16.0. The number of esters is 1. The fraction of sp³-hybridized carbons (Fsp3) is 0.818. The highest BCUT2D eigenvalue weighted by atomic mass is 35.5. The zero-order chi connectivity index (χ0) is 13.4. The summed E-state index contributed by atoms with van der Waals surface area (Å²) in [5, 5.41) is 2.46. The third kappa shape index (κ3) is 6.36. The van der Waals surface area contributed by atoms with Crippen LogP contribution in [0.15, 0.2) is 0 Å². The lowest BCUT2D eigenvalue weighted by Crippen LogP contribution is -2.46. The Kier molecular flexibility index (Phi) is 7.70. The maximum absolute atomic E-state index is 11.6. The van der Waals surface area contributed by atoms with Crippen molar-refractivity contribution in [2.24, 2.45) is 5.92 Å². The van der Waals surface area contributed by atoms with E-state index in [9.17, 15) is 9.59 Å². The van der Waals surface area contributed by atoms with E-state index in [-0.39, 0.29) is 12.5 Å². The molecule has 0 aromatic rings. The molecule has 1 unspecified atom stereocenters. The first-order chi connectivity index (χ1) is 7.92. The van der Waals surface area contributed by atoms with Gasteiger partial charge >= 0.3 is 12.1 Å². The van der Waals surface area contributed by atoms with Gasteiger partial charge in [-0.3, -0.25) is 0 Å². The highest BCUT2D eigenvalue weighted by molar-refractivity contribution is 6.19. The molecule has 0 saturated carbocycles.